The first kappa shape index (κ1) is 22.6. The highest BCUT2D eigenvalue weighted by molar-refractivity contribution is 6.31. The largest absolute Gasteiger partial charge is 0.467 e. The van der Waals surface area contributed by atoms with Crippen LogP contribution in [0.4, 0.5) is 0 Å². The first-order valence-electron chi connectivity index (χ1n) is 9.40. The monoisotopic (exact) mass is 422 g/mol. The number of allylic oxidation sites excluding steroid dienone is 2. The van der Waals surface area contributed by atoms with Crippen molar-refractivity contribution < 1.29 is 4.74 Å². The van der Waals surface area contributed by atoms with E-state index in [1.54, 1.807) is 7.11 Å². The molecule has 0 spiro atoms. The Balaban J connectivity index is 2.36. The van der Waals surface area contributed by atoms with Crippen molar-refractivity contribution in [1.82, 2.24) is 15.0 Å². The molecule has 7 heteroatoms. The lowest BCUT2D eigenvalue weighted by atomic mass is 9.99. The zero-order valence-corrected chi connectivity index (χ0v) is 18.4. The van der Waals surface area contributed by atoms with Crippen LogP contribution in [-0.4, -0.2) is 34.5 Å². The highest BCUT2D eigenvalue weighted by Crippen LogP contribution is 2.24. The van der Waals surface area contributed by atoms with Gasteiger partial charge in [-0.15, -0.1) is 11.6 Å². The summed E-state index contributed by atoms with van der Waals surface area (Å²) in [5.74, 6) is 2.11. The molecule has 1 aromatic heterocycles. The van der Waals surface area contributed by atoms with Crippen LogP contribution >= 0.6 is 23.2 Å². The molecule has 0 fully saturated rings. The van der Waals surface area contributed by atoms with Gasteiger partial charge in [-0.2, -0.15) is 9.97 Å². The SMILES string of the molecule is COc1nc(Cc2cc(CCN)ccc2Cl)nc(C(C)/C=C(\CCl)C(C)C)n1. The summed E-state index contributed by atoms with van der Waals surface area (Å²) in [4.78, 5) is 13.5. The molecule has 152 valence electrons. The van der Waals surface area contributed by atoms with Crippen LogP contribution < -0.4 is 10.5 Å². The van der Waals surface area contributed by atoms with Gasteiger partial charge in [0.25, 0.3) is 0 Å². The molecule has 1 aromatic carbocycles. The molecule has 0 aliphatic carbocycles. The van der Waals surface area contributed by atoms with Crippen LogP contribution in [0, 0.1) is 5.92 Å². The van der Waals surface area contributed by atoms with E-state index in [1.807, 2.05) is 19.1 Å². The van der Waals surface area contributed by atoms with Crippen molar-refractivity contribution in [2.24, 2.45) is 11.7 Å². The normalized spacial score (nSPS) is 13.1. The number of aromatic nitrogens is 3. The van der Waals surface area contributed by atoms with Crippen molar-refractivity contribution in [2.75, 3.05) is 19.5 Å². The van der Waals surface area contributed by atoms with Crippen molar-refractivity contribution in [3.8, 4) is 6.01 Å². The van der Waals surface area contributed by atoms with Crippen LogP contribution in [0.5, 0.6) is 6.01 Å². The molecule has 2 rings (SSSR count). The van der Waals surface area contributed by atoms with E-state index < -0.39 is 0 Å². The van der Waals surface area contributed by atoms with Crippen molar-refractivity contribution >= 4 is 23.2 Å². The second-order valence-corrected chi connectivity index (χ2v) is 7.73. The summed E-state index contributed by atoms with van der Waals surface area (Å²) < 4.78 is 5.30. The van der Waals surface area contributed by atoms with Gasteiger partial charge >= 0.3 is 6.01 Å². The predicted molar refractivity (Wildman–Crippen MR) is 115 cm³/mol. The maximum atomic E-state index is 6.39. The lowest BCUT2D eigenvalue weighted by molar-refractivity contribution is 0.372. The summed E-state index contributed by atoms with van der Waals surface area (Å²) in [5.41, 5.74) is 8.93. The van der Waals surface area contributed by atoms with E-state index in [2.05, 4.69) is 40.9 Å². The van der Waals surface area contributed by atoms with Crippen LogP contribution in [0.15, 0.2) is 29.8 Å². The molecule has 0 amide bonds. The summed E-state index contributed by atoms with van der Waals surface area (Å²) >= 11 is 12.5. The Labute approximate surface area is 177 Å². The maximum absolute atomic E-state index is 6.39. The van der Waals surface area contributed by atoms with Crippen LogP contribution in [0.25, 0.3) is 0 Å². The average Bonchev–Trinajstić information content (AvgIpc) is 2.68. The standard InChI is InChI=1S/C21H28Cl2N4O/c1-13(2)17(12-22)9-14(3)20-25-19(26-21(27-20)28-4)11-16-10-15(7-8-24)5-6-18(16)23/h5-6,9-10,13-14H,7-8,11-12,24H2,1-4H3/b17-9+. The smallest absolute Gasteiger partial charge is 0.319 e. The number of benzene rings is 1. The third kappa shape index (κ3) is 6.16. The quantitative estimate of drug-likeness (QED) is 0.473. The molecule has 0 bridgehead atoms. The number of methoxy groups -OCH3 is 1. The molecule has 5 nitrogen and oxygen atoms in total. The van der Waals surface area contributed by atoms with Crippen LogP contribution in [0.1, 0.15) is 49.5 Å². The molecular formula is C21H28Cl2N4O. The summed E-state index contributed by atoms with van der Waals surface area (Å²) in [7, 11) is 1.55. The molecule has 1 heterocycles. The molecular weight excluding hydrogens is 395 g/mol. The van der Waals surface area contributed by atoms with Crippen LogP contribution in [-0.2, 0) is 12.8 Å². The predicted octanol–water partition coefficient (Wildman–Crippen LogP) is 4.55. The lowest BCUT2D eigenvalue weighted by Gasteiger charge is -2.13. The zero-order chi connectivity index (χ0) is 20.7. The van der Waals surface area contributed by atoms with Crippen molar-refractivity contribution in [1.29, 1.82) is 0 Å². The van der Waals surface area contributed by atoms with E-state index in [-0.39, 0.29) is 5.92 Å². The Morgan fingerprint density at radius 3 is 2.57 bits per heavy atom. The van der Waals surface area contributed by atoms with Crippen molar-refractivity contribution in [2.45, 2.75) is 39.5 Å². The lowest BCUT2D eigenvalue weighted by Crippen LogP contribution is -2.10. The van der Waals surface area contributed by atoms with Gasteiger partial charge in [0.15, 0.2) is 0 Å². The van der Waals surface area contributed by atoms with E-state index in [4.69, 9.17) is 33.7 Å². The molecule has 2 aromatic rings. The first-order chi connectivity index (χ1) is 13.4. The van der Waals surface area contributed by atoms with Crippen molar-refractivity contribution in [3.05, 3.63) is 57.6 Å². The molecule has 0 aliphatic heterocycles. The van der Waals surface area contributed by atoms with E-state index >= 15 is 0 Å². The van der Waals surface area contributed by atoms with Gasteiger partial charge in [-0.05, 0) is 36.1 Å². The van der Waals surface area contributed by atoms with E-state index in [1.165, 1.54) is 0 Å². The summed E-state index contributed by atoms with van der Waals surface area (Å²) in [6.07, 6.45) is 3.41. The minimum absolute atomic E-state index is 0.00848. The van der Waals surface area contributed by atoms with E-state index in [9.17, 15) is 0 Å². The Hall–Kier alpha value is -1.69. The second-order valence-electron chi connectivity index (χ2n) is 7.06. The number of ether oxygens (including phenoxy) is 1. The summed E-state index contributed by atoms with van der Waals surface area (Å²) in [5, 5.41) is 0.680. The minimum Gasteiger partial charge on any atom is -0.467 e. The average molecular weight is 423 g/mol. The number of hydrogen-bond donors (Lipinski definition) is 1. The number of halogens is 2. The fraction of sp³-hybridized carbons (Fsp3) is 0.476. The van der Waals surface area contributed by atoms with Gasteiger partial charge in [-0.25, -0.2) is 4.98 Å². The number of nitrogens with zero attached hydrogens (tertiary/aromatic N) is 3. The third-order valence-electron chi connectivity index (χ3n) is 4.52. The molecule has 0 radical (unpaired) electrons. The molecule has 1 atom stereocenters. The van der Waals surface area contributed by atoms with E-state index in [0.717, 1.165) is 23.1 Å². The fourth-order valence-corrected chi connectivity index (χ4v) is 3.41. The molecule has 0 saturated heterocycles. The number of rotatable bonds is 9. The Kier molecular flexibility index (Phi) is 8.67. The van der Waals surface area contributed by atoms with Gasteiger partial charge in [0, 0.05) is 23.2 Å². The fourth-order valence-electron chi connectivity index (χ4n) is 2.83. The molecule has 1 unspecified atom stereocenters. The van der Waals surface area contributed by atoms with Gasteiger partial charge in [0.1, 0.15) is 11.6 Å². The van der Waals surface area contributed by atoms with Crippen LogP contribution in [0.2, 0.25) is 5.02 Å². The highest BCUT2D eigenvalue weighted by Gasteiger charge is 2.15. The third-order valence-corrected chi connectivity index (χ3v) is 5.20. The van der Waals surface area contributed by atoms with Gasteiger partial charge in [0.05, 0.1) is 7.11 Å². The maximum Gasteiger partial charge on any atom is 0.319 e. The summed E-state index contributed by atoms with van der Waals surface area (Å²) in [6.45, 7) is 6.88. The van der Waals surface area contributed by atoms with Gasteiger partial charge in [-0.3, -0.25) is 0 Å². The summed E-state index contributed by atoms with van der Waals surface area (Å²) in [6, 6.07) is 6.23. The highest BCUT2D eigenvalue weighted by atomic mass is 35.5. The Morgan fingerprint density at radius 1 is 1.21 bits per heavy atom. The molecule has 0 saturated carbocycles. The second kappa shape index (κ2) is 10.7. The zero-order valence-electron chi connectivity index (χ0n) is 16.9. The number of alkyl halides is 1. The Bertz CT molecular complexity index is 824. The number of hydrogen-bond acceptors (Lipinski definition) is 5. The molecule has 0 aliphatic rings. The van der Waals surface area contributed by atoms with Gasteiger partial charge in [-0.1, -0.05) is 56.2 Å². The first-order valence-corrected chi connectivity index (χ1v) is 10.3. The molecule has 28 heavy (non-hydrogen) atoms. The van der Waals surface area contributed by atoms with Crippen molar-refractivity contribution in [3.63, 3.8) is 0 Å². The van der Waals surface area contributed by atoms with Gasteiger partial charge < -0.3 is 10.5 Å². The molecule has 2 N–H and O–H groups in total. The topological polar surface area (TPSA) is 73.9 Å². The minimum atomic E-state index is -0.00848. The number of nitrogens with two attached hydrogens (primary N) is 1. The van der Waals surface area contributed by atoms with Crippen LogP contribution in [0.3, 0.4) is 0 Å². The Morgan fingerprint density at radius 2 is 1.96 bits per heavy atom. The van der Waals surface area contributed by atoms with E-state index in [0.29, 0.717) is 47.4 Å². The van der Waals surface area contributed by atoms with Gasteiger partial charge in [0.2, 0.25) is 0 Å².